The van der Waals surface area contributed by atoms with Crippen LogP contribution in [0.1, 0.15) is 28.2 Å². The first-order valence-electron chi connectivity index (χ1n) is 6.64. The van der Waals surface area contributed by atoms with Crippen molar-refractivity contribution in [3.05, 3.63) is 56.2 Å². The van der Waals surface area contributed by atoms with Gasteiger partial charge in [-0.3, -0.25) is 9.59 Å². The third-order valence-corrected chi connectivity index (χ3v) is 4.64. The van der Waals surface area contributed by atoms with Gasteiger partial charge in [0.1, 0.15) is 11.6 Å². The van der Waals surface area contributed by atoms with Crippen LogP contribution in [-0.4, -0.2) is 18.4 Å². The standard InChI is InChI=1S/C15H13BrF2N2O2S/c1-8(10-3-2-9(17)6-11(10)18)20-14(21)7-19-15(22)12-4-5-13(16)23-12/h2-6,8H,7H2,1H3,(H,19,22)(H,20,21). The third-order valence-electron chi connectivity index (χ3n) is 3.01. The van der Waals surface area contributed by atoms with E-state index in [1.165, 1.54) is 17.4 Å². The minimum atomic E-state index is -0.731. The van der Waals surface area contributed by atoms with E-state index in [0.29, 0.717) is 4.88 Å². The summed E-state index contributed by atoms with van der Waals surface area (Å²) in [5.74, 6) is -2.24. The number of hydrogen-bond donors (Lipinski definition) is 2. The van der Waals surface area contributed by atoms with Gasteiger partial charge in [-0.2, -0.15) is 0 Å². The topological polar surface area (TPSA) is 58.2 Å². The molecule has 4 nitrogen and oxygen atoms in total. The lowest BCUT2D eigenvalue weighted by Gasteiger charge is -2.15. The van der Waals surface area contributed by atoms with Crippen molar-refractivity contribution in [1.29, 1.82) is 0 Å². The monoisotopic (exact) mass is 402 g/mol. The van der Waals surface area contributed by atoms with Gasteiger partial charge in [0.25, 0.3) is 5.91 Å². The predicted octanol–water partition coefficient (Wildman–Crippen LogP) is 3.40. The van der Waals surface area contributed by atoms with Crippen LogP contribution >= 0.6 is 27.3 Å². The van der Waals surface area contributed by atoms with Crippen molar-refractivity contribution in [3.8, 4) is 0 Å². The van der Waals surface area contributed by atoms with E-state index in [-0.39, 0.29) is 18.0 Å². The van der Waals surface area contributed by atoms with Crippen molar-refractivity contribution in [2.45, 2.75) is 13.0 Å². The van der Waals surface area contributed by atoms with E-state index < -0.39 is 23.6 Å². The molecule has 23 heavy (non-hydrogen) atoms. The van der Waals surface area contributed by atoms with Gasteiger partial charge in [0.15, 0.2) is 0 Å². The van der Waals surface area contributed by atoms with E-state index in [1.807, 2.05) is 0 Å². The maximum absolute atomic E-state index is 13.6. The van der Waals surface area contributed by atoms with Gasteiger partial charge in [0.2, 0.25) is 5.91 Å². The average Bonchev–Trinajstić information content (AvgIpc) is 2.91. The van der Waals surface area contributed by atoms with E-state index in [9.17, 15) is 18.4 Å². The molecule has 0 aliphatic carbocycles. The highest BCUT2D eigenvalue weighted by Gasteiger charge is 2.15. The first-order chi connectivity index (χ1) is 10.9. The molecule has 0 bridgehead atoms. The molecule has 1 aromatic heterocycles. The van der Waals surface area contributed by atoms with Crippen LogP contribution in [0, 0.1) is 11.6 Å². The highest BCUT2D eigenvalue weighted by molar-refractivity contribution is 9.11. The molecule has 2 aromatic rings. The Bertz CT molecular complexity index is 736. The van der Waals surface area contributed by atoms with Gasteiger partial charge >= 0.3 is 0 Å². The summed E-state index contributed by atoms with van der Waals surface area (Å²) in [4.78, 5) is 24.1. The summed E-state index contributed by atoms with van der Waals surface area (Å²) in [6.45, 7) is 1.34. The first kappa shape index (κ1) is 17.6. The molecular weight excluding hydrogens is 390 g/mol. The fourth-order valence-electron chi connectivity index (χ4n) is 1.91. The quantitative estimate of drug-likeness (QED) is 0.804. The molecular formula is C15H13BrF2N2O2S. The van der Waals surface area contributed by atoms with E-state index in [1.54, 1.807) is 19.1 Å². The van der Waals surface area contributed by atoms with Crippen molar-refractivity contribution in [1.82, 2.24) is 10.6 Å². The summed E-state index contributed by atoms with van der Waals surface area (Å²) in [7, 11) is 0. The molecule has 0 saturated heterocycles. The van der Waals surface area contributed by atoms with E-state index in [0.717, 1.165) is 15.9 Å². The Kier molecular flexibility index (Phi) is 5.84. The highest BCUT2D eigenvalue weighted by atomic mass is 79.9. The van der Waals surface area contributed by atoms with E-state index in [4.69, 9.17) is 0 Å². The lowest BCUT2D eigenvalue weighted by molar-refractivity contribution is -0.120. The molecule has 1 unspecified atom stereocenters. The molecule has 1 heterocycles. The smallest absolute Gasteiger partial charge is 0.261 e. The summed E-state index contributed by atoms with van der Waals surface area (Å²) in [5.41, 5.74) is 0.174. The van der Waals surface area contributed by atoms with Gasteiger partial charge in [-0.25, -0.2) is 8.78 Å². The van der Waals surface area contributed by atoms with Gasteiger partial charge in [-0.05, 0) is 41.1 Å². The van der Waals surface area contributed by atoms with Crippen molar-refractivity contribution in [2.75, 3.05) is 6.54 Å². The predicted molar refractivity (Wildman–Crippen MR) is 87.3 cm³/mol. The zero-order chi connectivity index (χ0) is 17.0. The van der Waals surface area contributed by atoms with Gasteiger partial charge in [-0.1, -0.05) is 6.07 Å². The number of nitrogens with one attached hydrogen (secondary N) is 2. The van der Waals surface area contributed by atoms with Crippen LogP contribution in [0.5, 0.6) is 0 Å². The second-order valence-electron chi connectivity index (χ2n) is 4.74. The Balaban J connectivity index is 1.88. The molecule has 2 N–H and O–H groups in total. The second-order valence-corrected chi connectivity index (χ2v) is 7.20. The molecule has 0 aliphatic heterocycles. The van der Waals surface area contributed by atoms with Crippen molar-refractivity contribution >= 4 is 39.1 Å². The fourth-order valence-corrected chi connectivity index (χ4v) is 3.21. The number of halogens is 3. The summed E-state index contributed by atoms with van der Waals surface area (Å²) in [6, 6.07) is 5.89. The number of benzene rings is 1. The summed E-state index contributed by atoms with van der Waals surface area (Å²) < 4.78 is 27.3. The van der Waals surface area contributed by atoms with Crippen LogP contribution in [0.3, 0.4) is 0 Å². The van der Waals surface area contributed by atoms with Gasteiger partial charge in [-0.15, -0.1) is 11.3 Å². The molecule has 0 spiro atoms. The molecule has 2 rings (SSSR count). The molecule has 122 valence electrons. The lowest BCUT2D eigenvalue weighted by atomic mass is 10.1. The summed E-state index contributed by atoms with van der Waals surface area (Å²) in [5, 5.41) is 5.02. The van der Waals surface area contributed by atoms with Gasteiger partial charge < -0.3 is 10.6 Å². The minimum Gasteiger partial charge on any atom is -0.348 e. The van der Waals surface area contributed by atoms with Crippen LogP contribution in [0.4, 0.5) is 8.78 Å². The molecule has 1 atom stereocenters. The van der Waals surface area contributed by atoms with Gasteiger partial charge in [0.05, 0.1) is 21.3 Å². The molecule has 8 heteroatoms. The SMILES string of the molecule is CC(NC(=O)CNC(=O)c1ccc(Br)s1)c1ccc(F)cc1F. The maximum Gasteiger partial charge on any atom is 0.261 e. The van der Waals surface area contributed by atoms with E-state index >= 15 is 0 Å². The Morgan fingerprint density at radius 2 is 2.00 bits per heavy atom. The van der Waals surface area contributed by atoms with Crippen LogP contribution < -0.4 is 10.6 Å². The highest BCUT2D eigenvalue weighted by Crippen LogP contribution is 2.21. The van der Waals surface area contributed by atoms with E-state index in [2.05, 4.69) is 26.6 Å². The number of amides is 2. The molecule has 1 aromatic carbocycles. The summed E-state index contributed by atoms with van der Waals surface area (Å²) >= 11 is 4.50. The van der Waals surface area contributed by atoms with Crippen LogP contribution in [-0.2, 0) is 4.79 Å². The second kappa shape index (κ2) is 7.65. The normalized spacial score (nSPS) is 11.8. The third kappa shape index (κ3) is 4.84. The molecule has 0 fully saturated rings. The Labute approximate surface area is 144 Å². The zero-order valence-corrected chi connectivity index (χ0v) is 14.4. The lowest BCUT2D eigenvalue weighted by Crippen LogP contribution is -2.38. The Morgan fingerprint density at radius 3 is 2.61 bits per heavy atom. The number of thiophene rings is 1. The number of rotatable bonds is 5. The van der Waals surface area contributed by atoms with Crippen LogP contribution in [0.15, 0.2) is 34.1 Å². The number of carbonyl (C=O) groups is 2. The van der Waals surface area contributed by atoms with Crippen molar-refractivity contribution < 1.29 is 18.4 Å². The largest absolute Gasteiger partial charge is 0.348 e. The van der Waals surface area contributed by atoms with Crippen LogP contribution in [0.2, 0.25) is 0 Å². The average molecular weight is 403 g/mol. The summed E-state index contributed by atoms with van der Waals surface area (Å²) in [6.07, 6.45) is 0. The molecule has 0 radical (unpaired) electrons. The number of hydrogen-bond acceptors (Lipinski definition) is 3. The number of carbonyl (C=O) groups excluding carboxylic acids is 2. The maximum atomic E-state index is 13.6. The minimum absolute atomic E-state index is 0.174. The van der Waals surface area contributed by atoms with Crippen LogP contribution in [0.25, 0.3) is 0 Å². The molecule has 0 saturated carbocycles. The van der Waals surface area contributed by atoms with Crippen molar-refractivity contribution in [2.24, 2.45) is 0 Å². The molecule has 0 aliphatic rings. The molecule has 2 amide bonds. The Morgan fingerprint density at radius 1 is 1.26 bits per heavy atom. The van der Waals surface area contributed by atoms with Crippen molar-refractivity contribution in [3.63, 3.8) is 0 Å². The fraction of sp³-hybridized carbons (Fsp3) is 0.200. The van der Waals surface area contributed by atoms with Gasteiger partial charge in [0, 0.05) is 11.6 Å². The zero-order valence-electron chi connectivity index (χ0n) is 12.0. The Hall–Kier alpha value is -1.80. The first-order valence-corrected chi connectivity index (χ1v) is 8.25.